The maximum atomic E-state index is 7.91. The first-order chi connectivity index (χ1) is 8.06. The van der Waals surface area contributed by atoms with Gasteiger partial charge in [-0.25, -0.2) is 0 Å². The van der Waals surface area contributed by atoms with E-state index in [9.17, 15) is 0 Å². The zero-order valence-electron chi connectivity index (χ0n) is 9.63. The van der Waals surface area contributed by atoms with Crippen molar-refractivity contribution in [2.45, 2.75) is 19.5 Å². The Balaban J connectivity index is 2.84. The number of nitrogens with one attached hydrogen (secondary N) is 2. The third-order valence-corrected chi connectivity index (χ3v) is 3.04. The molecule has 0 heterocycles. The van der Waals surface area contributed by atoms with Crippen LogP contribution in [0.1, 0.15) is 18.9 Å². The highest BCUT2D eigenvalue weighted by Crippen LogP contribution is 2.30. The average molecular weight is 273 g/mol. The number of benzene rings is 1. The number of hydrogen-bond donors (Lipinski definition) is 2. The van der Waals surface area contributed by atoms with Crippen molar-refractivity contribution in [3.63, 3.8) is 0 Å². The minimum Gasteiger partial charge on any atom is -0.698 e. The van der Waals surface area contributed by atoms with E-state index in [0.717, 1.165) is 13.0 Å². The van der Waals surface area contributed by atoms with Gasteiger partial charge in [-0.3, -0.25) is 5.32 Å². The van der Waals surface area contributed by atoms with Crippen LogP contribution in [0.5, 0.6) is 0 Å². The van der Waals surface area contributed by atoms with Gasteiger partial charge in [-0.05, 0) is 24.6 Å². The summed E-state index contributed by atoms with van der Waals surface area (Å²) in [6.45, 7) is 2.87. The molecule has 94 valence electrons. The Hall–Kier alpha value is -0.740. The summed E-state index contributed by atoms with van der Waals surface area (Å²) < 4.78 is 0. The molecule has 0 fully saturated rings. The molecule has 3 nitrogen and oxygen atoms in total. The van der Waals surface area contributed by atoms with Gasteiger partial charge in [-0.1, -0.05) is 48.3 Å². The molecule has 0 aliphatic heterocycles. The van der Waals surface area contributed by atoms with E-state index in [1.807, 2.05) is 0 Å². The lowest BCUT2D eigenvalue weighted by atomic mass is 10.1. The molecule has 17 heavy (non-hydrogen) atoms. The van der Waals surface area contributed by atoms with Crippen LogP contribution in [-0.4, -0.2) is 12.7 Å². The Labute approximate surface area is 112 Å². The summed E-state index contributed by atoms with van der Waals surface area (Å²) in [5, 5.41) is 3.90. The van der Waals surface area contributed by atoms with Crippen LogP contribution in [0, 0.1) is 0 Å². The van der Waals surface area contributed by atoms with Crippen molar-refractivity contribution in [2.24, 2.45) is 5.73 Å². The summed E-state index contributed by atoms with van der Waals surface area (Å²) in [6, 6.07) is 5.20. The highest BCUT2D eigenvalue weighted by atomic mass is 35.5. The summed E-state index contributed by atoms with van der Waals surface area (Å²) in [7, 11) is 0. The molecule has 5 heteroatoms. The molecule has 0 aliphatic carbocycles. The third-order valence-electron chi connectivity index (χ3n) is 2.22. The van der Waals surface area contributed by atoms with Gasteiger partial charge in [0.25, 0.3) is 0 Å². The molecule has 0 saturated carbocycles. The van der Waals surface area contributed by atoms with E-state index < -0.39 is 0 Å². The summed E-state index contributed by atoms with van der Waals surface area (Å²) in [6.07, 6.45) is 2.26. The van der Waals surface area contributed by atoms with Crippen molar-refractivity contribution in [2.75, 3.05) is 6.54 Å². The maximum absolute atomic E-state index is 7.91. The van der Waals surface area contributed by atoms with E-state index in [1.54, 1.807) is 24.3 Å². The largest absolute Gasteiger partial charge is 0.698 e. The minimum absolute atomic E-state index is 0.272. The maximum Gasteiger partial charge on any atom is 0.0730 e. The van der Waals surface area contributed by atoms with Crippen LogP contribution in [0.4, 0.5) is 0 Å². The number of nitrogens with two attached hydrogens (primary N) is 1. The van der Waals surface area contributed by atoms with Crippen molar-refractivity contribution < 1.29 is 0 Å². The first kappa shape index (κ1) is 14.3. The van der Waals surface area contributed by atoms with Crippen LogP contribution in [-0.2, 0) is 0 Å². The van der Waals surface area contributed by atoms with Gasteiger partial charge in [0.15, 0.2) is 0 Å². The normalized spacial score (nSPS) is 13.8. The lowest BCUT2D eigenvalue weighted by Gasteiger charge is -2.17. The predicted octanol–water partition coefficient (Wildman–Crippen LogP) is 3.67. The van der Waals surface area contributed by atoms with Crippen LogP contribution >= 0.6 is 23.2 Å². The Morgan fingerprint density at radius 2 is 2.24 bits per heavy atom. The SMILES string of the molecule is CCCNC(N)/C=C(\[NH-])c1cccc(Cl)c1Cl. The molecule has 0 aromatic heterocycles. The molecule has 1 unspecified atom stereocenters. The molecule has 1 rings (SSSR count). The van der Waals surface area contributed by atoms with E-state index in [-0.39, 0.29) is 11.9 Å². The van der Waals surface area contributed by atoms with Crippen LogP contribution in [0.3, 0.4) is 0 Å². The van der Waals surface area contributed by atoms with Crippen molar-refractivity contribution in [1.82, 2.24) is 5.32 Å². The van der Waals surface area contributed by atoms with Gasteiger partial charge in [0.2, 0.25) is 0 Å². The number of rotatable bonds is 5. The fourth-order valence-electron chi connectivity index (χ4n) is 1.35. The van der Waals surface area contributed by atoms with E-state index in [0.29, 0.717) is 15.6 Å². The Kier molecular flexibility index (Phi) is 5.78. The molecule has 4 N–H and O–H groups in total. The summed E-state index contributed by atoms with van der Waals surface area (Å²) in [4.78, 5) is 0. The molecule has 0 radical (unpaired) electrons. The van der Waals surface area contributed by atoms with E-state index in [4.69, 9.17) is 34.7 Å². The highest BCUT2D eigenvalue weighted by molar-refractivity contribution is 6.43. The lowest BCUT2D eigenvalue weighted by Crippen LogP contribution is -2.36. The van der Waals surface area contributed by atoms with Crippen LogP contribution in [0.15, 0.2) is 24.3 Å². The molecule has 0 aliphatic rings. The molecule has 0 saturated heterocycles. The smallest absolute Gasteiger partial charge is 0.0730 e. The molecule has 1 aromatic rings. The molecule has 0 bridgehead atoms. The van der Waals surface area contributed by atoms with Gasteiger partial charge in [-0.15, -0.1) is 5.70 Å². The van der Waals surface area contributed by atoms with Crippen molar-refractivity contribution >= 4 is 28.9 Å². The van der Waals surface area contributed by atoms with Crippen molar-refractivity contribution in [1.29, 1.82) is 0 Å². The first-order valence-corrected chi connectivity index (χ1v) is 6.18. The molecule has 1 aromatic carbocycles. The van der Waals surface area contributed by atoms with E-state index in [1.165, 1.54) is 0 Å². The highest BCUT2D eigenvalue weighted by Gasteiger charge is 2.03. The van der Waals surface area contributed by atoms with Gasteiger partial charge in [0.05, 0.1) is 16.2 Å². The first-order valence-electron chi connectivity index (χ1n) is 5.43. The fourth-order valence-corrected chi connectivity index (χ4v) is 1.75. The molecule has 0 amide bonds. The second kappa shape index (κ2) is 6.87. The summed E-state index contributed by atoms with van der Waals surface area (Å²) in [5.41, 5.74) is 14.6. The van der Waals surface area contributed by atoms with Gasteiger partial charge < -0.3 is 11.5 Å². The summed E-state index contributed by atoms with van der Waals surface area (Å²) in [5.74, 6) is 0. The molecule has 0 spiro atoms. The average Bonchev–Trinajstić information content (AvgIpc) is 2.29. The molecular formula is C12H16Cl2N3-. The van der Waals surface area contributed by atoms with Gasteiger partial charge >= 0.3 is 0 Å². The predicted molar refractivity (Wildman–Crippen MR) is 75.0 cm³/mol. The monoisotopic (exact) mass is 272 g/mol. The fraction of sp³-hybridized carbons (Fsp3) is 0.333. The zero-order chi connectivity index (χ0) is 12.8. The molecular weight excluding hydrogens is 257 g/mol. The van der Waals surface area contributed by atoms with Crippen LogP contribution in [0.25, 0.3) is 11.4 Å². The van der Waals surface area contributed by atoms with E-state index in [2.05, 4.69) is 12.2 Å². The van der Waals surface area contributed by atoms with Crippen LogP contribution < -0.4 is 11.1 Å². The second-order valence-electron chi connectivity index (χ2n) is 3.66. The number of halogens is 2. The molecule has 1 atom stereocenters. The van der Waals surface area contributed by atoms with Gasteiger partial charge in [-0.2, -0.15) is 0 Å². The van der Waals surface area contributed by atoms with Gasteiger partial charge in [0.1, 0.15) is 0 Å². The van der Waals surface area contributed by atoms with Crippen molar-refractivity contribution in [3.8, 4) is 0 Å². The van der Waals surface area contributed by atoms with Gasteiger partial charge in [0, 0.05) is 0 Å². The zero-order valence-corrected chi connectivity index (χ0v) is 11.1. The Morgan fingerprint density at radius 1 is 1.53 bits per heavy atom. The third kappa shape index (κ3) is 4.21. The quantitative estimate of drug-likeness (QED) is 0.804. The van der Waals surface area contributed by atoms with Crippen LogP contribution in [0.2, 0.25) is 10.0 Å². The Morgan fingerprint density at radius 3 is 2.88 bits per heavy atom. The standard InChI is InChI=1S/C12H16Cl2N3/c1-2-6-17-11(16)7-10(15)8-4-3-5-9(13)12(8)14/h3-5,7,11,15,17H,2,6,16H2,1H3/q-1/b10-7-. The Bertz CT molecular complexity index is 405. The topological polar surface area (TPSA) is 61.8 Å². The minimum atomic E-state index is -0.350. The summed E-state index contributed by atoms with van der Waals surface area (Å²) >= 11 is 11.9. The van der Waals surface area contributed by atoms with Crippen molar-refractivity contribution in [3.05, 3.63) is 45.6 Å². The van der Waals surface area contributed by atoms with E-state index >= 15 is 0 Å². The second-order valence-corrected chi connectivity index (χ2v) is 4.45. The lowest BCUT2D eigenvalue weighted by molar-refractivity contribution is 0.606. The number of hydrogen-bond acceptors (Lipinski definition) is 2.